The minimum atomic E-state index is -0.214. The molecule has 0 saturated heterocycles. The number of carbonyl (C=O) groups is 1. The van der Waals surface area contributed by atoms with Crippen LogP contribution in [0.4, 0.5) is 0 Å². The molecule has 17 heavy (non-hydrogen) atoms. The van der Waals surface area contributed by atoms with E-state index in [2.05, 4.69) is 21.2 Å². The third-order valence-electron chi connectivity index (χ3n) is 2.08. The van der Waals surface area contributed by atoms with Crippen LogP contribution in [0.1, 0.15) is 13.3 Å². The molecule has 1 unspecified atom stereocenters. The number of amides is 1. The Morgan fingerprint density at radius 2 is 2.35 bits per heavy atom. The van der Waals surface area contributed by atoms with Gasteiger partial charge in [-0.3, -0.25) is 4.79 Å². The van der Waals surface area contributed by atoms with Crippen molar-refractivity contribution >= 4 is 21.8 Å². The molecule has 0 fully saturated rings. The Kier molecular flexibility index (Phi) is 6.00. The molecule has 0 aliphatic heterocycles. The molecule has 94 valence electrons. The summed E-state index contributed by atoms with van der Waals surface area (Å²) < 4.78 is 6.36. The molecule has 4 nitrogen and oxygen atoms in total. The highest BCUT2D eigenvalue weighted by molar-refractivity contribution is 9.10. The highest BCUT2D eigenvalue weighted by Gasteiger charge is 2.06. The van der Waals surface area contributed by atoms with Crippen molar-refractivity contribution in [3.05, 3.63) is 28.7 Å². The van der Waals surface area contributed by atoms with Crippen molar-refractivity contribution in [3.63, 3.8) is 0 Å². The molecular formula is C12H16BrNO3. The van der Waals surface area contributed by atoms with Crippen molar-refractivity contribution in [2.24, 2.45) is 0 Å². The van der Waals surface area contributed by atoms with Gasteiger partial charge in [-0.2, -0.15) is 0 Å². The van der Waals surface area contributed by atoms with Crippen LogP contribution in [0.3, 0.4) is 0 Å². The van der Waals surface area contributed by atoms with E-state index in [1.807, 2.05) is 24.3 Å². The van der Waals surface area contributed by atoms with Crippen LogP contribution in [0.5, 0.6) is 5.75 Å². The number of nitrogens with one attached hydrogen (secondary N) is 1. The first-order valence-electron chi connectivity index (χ1n) is 5.40. The van der Waals surface area contributed by atoms with Gasteiger partial charge in [-0.25, -0.2) is 0 Å². The van der Waals surface area contributed by atoms with Crippen LogP contribution in [0, 0.1) is 0 Å². The number of aliphatic hydroxyl groups is 1. The molecule has 5 heteroatoms. The topological polar surface area (TPSA) is 58.6 Å². The Morgan fingerprint density at radius 3 is 3.00 bits per heavy atom. The molecule has 0 aliphatic carbocycles. The Bertz CT molecular complexity index is 371. The Labute approximate surface area is 109 Å². The second kappa shape index (κ2) is 7.29. The Morgan fingerprint density at radius 1 is 1.59 bits per heavy atom. The molecule has 0 bridgehead atoms. The fraction of sp³-hybridized carbons (Fsp3) is 0.417. The number of aliphatic hydroxyl groups excluding tert-OH is 1. The van der Waals surface area contributed by atoms with Crippen molar-refractivity contribution in [2.45, 2.75) is 19.4 Å². The Hall–Kier alpha value is -1.07. The van der Waals surface area contributed by atoms with Crippen molar-refractivity contribution < 1.29 is 14.6 Å². The van der Waals surface area contributed by atoms with E-state index < -0.39 is 0 Å². The average Bonchev–Trinajstić information content (AvgIpc) is 2.29. The zero-order valence-corrected chi connectivity index (χ0v) is 11.2. The maximum atomic E-state index is 11.4. The number of hydrogen-bond acceptors (Lipinski definition) is 3. The van der Waals surface area contributed by atoms with Crippen LogP contribution in [0.25, 0.3) is 0 Å². The Balaban J connectivity index is 2.26. The first-order chi connectivity index (χ1) is 8.11. The molecule has 0 heterocycles. The molecule has 0 saturated carbocycles. The van der Waals surface area contributed by atoms with Crippen molar-refractivity contribution in [1.29, 1.82) is 0 Å². The molecule has 1 aromatic carbocycles. The van der Waals surface area contributed by atoms with E-state index >= 15 is 0 Å². The van der Waals surface area contributed by atoms with Gasteiger partial charge in [-0.1, -0.05) is 22.0 Å². The molecular weight excluding hydrogens is 286 g/mol. The summed E-state index contributed by atoms with van der Waals surface area (Å²) in [5, 5.41) is 11.4. The molecule has 0 aliphatic rings. The van der Waals surface area contributed by atoms with Crippen molar-refractivity contribution in [2.75, 3.05) is 13.2 Å². The lowest BCUT2D eigenvalue weighted by molar-refractivity contribution is -0.122. The number of carbonyl (C=O) groups excluding carboxylic acids is 1. The van der Waals surface area contributed by atoms with E-state index in [1.165, 1.54) is 0 Å². The number of benzene rings is 1. The van der Waals surface area contributed by atoms with Crippen molar-refractivity contribution in [1.82, 2.24) is 5.32 Å². The number of rotatable bonds is 6. The summed E-state index contributed by atoms with van der Waals surface area (Å²) in [7, 11) is 0. The fourth-order valence-electron chi connectivity index (χ4n) is 1.21. The molecule has 2 N–H and O–H groups in total. The smallest absolute Gasteiger partial charge is 0.223 e. The van der Waals surface area contributed by atoms with Crippen molar-refractivity contribution in [3.8, 4) is 5.75 Å². The van der Waals surface area contributed by atoms with E-state index in [4.69, 9.17) is 9.84 Å². The zero-order chi connectivity index (χ0) is 12.7. The summed E-state index contributed by atoms with van der Waals surface area (Å²) in [5.74, 6) is 0.601. The van der Waals surface area contributed by atoms with Gasteiger partial charge in [0.05, 0.1) is 19.6 Å². The third kappa shape index (κ3) is 5.70. The maximum absolute atomic E-state index is 11.4. The van der Waals surface area contributed by atoms with E-state index in [9.17, 15) is 4.79 Å². The van der Waals surface area contributed by atoms with E-state index in [0.717, 1.165) is 10.2 Å². The molecule has 0 spiro atoms. The van der Waals surface area contributed by atoms with Gasteiger partial charge in [0, 0.05) is 10.5 Å². The molecule has 1 atom stereocenters. The number of hydrogen-bond donors (Lipinski definition) is 2. The summed E-state index contributed by atoms with van der Waals surface area (Å²) >= 11 is 3.34. The molecule has 1 amide bonds. The zero-order valence-electron chi connectivity index (χ0n) is 9.65. The van der Waals surface area contributed by atoms with E-state index in [1.54, 1.807) is 6.92 Å². The SMILES string of the molecule is CC(CO)NC(=O)CCOc1cccc(Br)c1. The quantitative estimate of drug-likeness (QED) is 0.841. The first kappa shape index (κ1) is 14.0. The molecule has 1 aromatic rings. The summed E-state index contributed by atoms with van der Waals surface area (Å²) in [5.41, 5.74) is 0. The van der Waals surface area contributed by atoms with Crippen LogP contribution in [-0.4, -0.2) is 30.3 Å². The lowest BCUT2D eigenvalue weighted by Crippen LogP contribution is -2.35. The van der Waals surface area contributed by atoms with Crippen LogP contribution >= 0.6 is 15.9 Å². The van der Waals surface area contributed by atoms with E-state index in [-0.39, 0.29) is 25.0 Å². The maximum Gasteiger partial charge on any atom is 0.223 e. The lowest BCUT2D eigenvalue weighted by Gasteiger charge is -2.11. The van der Waals surface area contributed by atoms with Gasteiger partial charge >= 0.3 is 0 Å². The summed E-state index contributed by atoms with van der Waals surface area (Å²) in [4.78, 5) is 11.4. The molecule has 1 rings (SSSR count). The van der Waals surface area contributed by atoms with Gasteiger partial charge in [0.25, 0.3) is 0 Å². The van der Waals surface area contributed by atoms with E-state index in [0.29, 0.717) is 6.61 Å². The largest absolute Gasteiger partial charge is 0.493 e. The van der Waals surface area contributed by atoms with Gasteiger partial charge in [-0.05, 0) is 25.1 Å². The summed E-state index contributed by atoms with van der Waals surface area (Å²) in [6.45, 7) is 2.01. The van der Waals surface area contributed by atoms with Gasteiger partial charge in [0.2, 0.25) is 5.91 Å². The second-order valence-corrected chi connectivity index (χ2v) is 4.62. The number of halogens is 1. The first-order valence-corrected chi connectivity index (χ1v) is 6.19. The van der Waals surface area contributed by atoms with Crippen LogP contribution in [0.15, 0.2) is 28.7 Å². The highest BCUT2D eigenvalue weighted by atomic mass is 79.9. The minimum absolute atomic E-state index is 0.0573. The second-order valence-electron chi connectivity index (χ2n) is 3.71. The minimum Gasteiger partial charge on any atom is -0.493 e. The van der Waals surface area contributed by atoms with Crippen LogP contribution < -0.4 is 10.1 Å². The standard InChI is InChI=1S/C12H16BrNO3/c1-9(8-15)14-12(16)5-6-17-11-4-2-3-10(13)7-11/h2-4,7,9,15H,5-6,8H2,1H3,(H,14,16). The van der Waals surface area contributed by atoms with Gasteiger partial charge < -0.3 is 15.2 Å². The van der Waals surface area contributed by atoms with Gasteiger partial charge in [0.15, 0.2) is 0 Å². The van der Waals surface area contributed by atoms with Gasteiger partial charge in [-0.15, -0.1) is 0 Å². The summed E-state index contributed by atoms with van der Waals surface area (Å²) in [6.07, 6.45) is 0.275. The van der Waals surface area contributed by atoms with Crippen LogP contribution in [0.2, 0.25) is 0 Å². The van der Waals surface area contributed by atoms with Gasteiger partial charge in [0.1, 0.15) is 5.75 Å². The number of ether oxygens (including phenoxy) is 1. The summed E-state index contributed by atoms with van der Waals surface area (Å²) in [6, 6.07) is 7.23. The normalized spacial score (nSPS) is 11.9. The predicted molar refractivity (Wildman–Crippen MR) is 68.9 cm³/mol. The third-order valence-corrected chi connectivity index (χ3v) is 2.57. The average molecular weight is 302 g/mol. The monoisotopic (exact) mass is 301 g/mol. The predicted octanol–water partition coefficient (Wildman–Crippen LogP) is 1.71. The lowest BCUT2D eigenvalue weighted by atomic mass is 10.3. The van der Waals surface area contributed by atoms with Crippen LogP contribution in [-0.2, 0) is 4.79 Å². The fourth-order valence-corrected chi connectivity index (χ4v) is 1.59. The molecule has 0 radical (unpaired) electrons. The highest BCUT2D eigenvalue weighted by Crippen LogP contribution is 2.17. The molecule has 0 aromatic heterocycles.